The highest BCUT2D eigenvalue weighted by molar-refractivity contribution is 5.96. The predicted octanol–water partition coefficient (Wildman–Crippen LogP) is 6.71. The lowest BCUT2D eigenvalue weighted by atomic mass is 10.1. The molecule has 0 saturated carbocycles. The lowest BCUT2D eigenvalue weighted by molar-refractivity contribution is 0.412. The maximum absolute atomic E-state index is 6.14. The second kappa shape index (κ2) is 9.79. The van der Waals surface area contributed by atoms with E-state index in [1.165, 1.54) is 11.1 Å². The number of aryl methyl sites for hydroxylation is 3. The molecule has 0 radical (unpaired) electrons. The molecule has 0 bridgehead atoms. The maximum Gasteiger partial charge on any atom is 0.225 e. The molecule has 154 valence electrons. The standard InChI is InChI=1S/C26H27NO3/c1-18-7-6-8-25(15-18)30-26(27-22-10-9-19(2)20(3)16-22)21(4)17-29-24-13-11-23(28-5)12-14-24/h6-17H,1-5H3/b21-17+,27-26?. The van der Waals surface area contributed by atoms with Crippen molar-refractivity contribution >= 4 is 11.6 Å². The van der Waals surface area contributed by atoms with Crippen LogP contribution in [0, 0.1) is 20.8 Å². The Kier molecular flexibility index (Phi) is 6.91. The molecule has 0 aliphatic rings. The highest BCUT2D eigenvalue weighted by atomic mass is 16.5. The maximum atomic E-state index is 6.14. The third kappa shape index (κ3) is 5.74. The average Bonchev–Trinajstić information content (AvgIpc) is 2.74. The first-order valence-corrected chi connectivity index (χ1v) is 9.83. The molecule has 4 heteroatoms. The van der Waals surface area contributed by atoms with Crippen LogP contribution in [0.3, 0.4) is 0 Å². The molecule has 0 aromatic heterocycles. The van der Waals surface area contributed by atoms with Crippen molar-refractivity contribution in [1.82, 2.24) is 0 Å². The number of benzene rings is 3. The van der Waals surface area contributed by atoms with E-state index in [1.807, 2.05) is 74.5 Å². The van der Waals surface area contributed by atoms with Gasteiger partial charge in [0.25, 0.3) is 0 Å². The van der Waals surface area contributed by atoms with Gasteiger partial charge in [-0.1, -0.05) is 18.2 Å². The lowest BCUT2D eigenvalue weighted by Gasteiger charge is -2.11. The topological polar surface area (TPSA) is 40.0 Å². The molecule has 0 amide bonds. The van der Waals surface area contributed by atoms with Crippen LogP contribution in [0.15, 0.2) is 83.6 Å². The van der Waals surface area contributed by atoms with Crippen LogP contribution >= 0.6 is 0 Å². The van der Waals surface area contributed by atoms with E-state index in [0.717, 1.165) is 28.3 Å². The number of aliphatic imine (C=N–C) groups is 1. The molecule has 30 heavy (non-hydrogen) atoms. The Morgan fingerprint density at radius 1 is 0.800 bits per heavy atom. The second-order valence-electron chi connectivity index (χ2n) is 7.20. The summed E-state index contributed by atoms with van der Waals surface area (Å²) < 4.78 is 17.1. The van der Waals surface area contributed by atoms with Crippen molar-refractivity contribution in [2.45, 2.75) is 27.7 Å². The van der Waals surface area contributed by atoms with E-state index in [9.17, 15) is 0 Å². The average molecular weight is 402 g/mol. The molecule has 0 spiro atoms. The van der Waals surface area contributed by atoms with Gasteiger partial charge in [-0.25, -0.2) is 4.99 Å². The summed E-state index contributed by atoms with van der Waals surface area (Å²) in [4.78, 5) is 4.75. The summed E-state index contributed by atoms with van der Waals surface area (Å²) in [6.07, 6.45) is 1.65. The van der Waals surface area contributed by atoms with Gasteiger partial charge in [0, 0.05) is 5.57 Å². The van der Waals surface area contributed by atoms with Crippen molar-refractivity contribution < 1.29 is 14.2 Å². The third-order valence-electron chi connectivity index (χ3n) is 4.69. The van der Waals surface area contributed by atoms with Gasteiger partial charge in [-0.15, -0.1) is 0 Å². The van der Waals surface area contributed by atoms with E-state index in [2.05, 4.69) is 19.9 Å². The van der Waals surface area contributed by atoms with Crippen molar-refractivity contribution in [3.63, 3.8) is 0 Å². The molecule has 0 heterocycles. The largest absolute Gasteiger partial charge is 0.497 e. The van der Waals surface area contributed by atoms with Gasteiger partial charge in [0.2, 0.25) is 5.90 Å². The van der Waals surface area contributed by atoms with Crippen molar-refractivity contribution in [2.75, 3.05) is 7.11 Å². The van der Waals surface area contributed by atoms with Gasteiger partial charge in [0.05, 0.1) is 19.1 Å². The Morgan fingerprint density at radius 2 is 1.53 bits per heavy atom. The van der Waals surface area contributed by atoms with Crippen LogP contribution in [0.2, 0.25) is 0 Å². The number of nitrogens with zero attached hydrogens (tertiary/aromatic N) is 1. The fraction of sp³-hybridized carbons (Fsp3) is 0.192. The highest BCUT2D eigenvalue weighted by Gasteiger charge is 2.09. The van der Waals surface area contributed by atoms with E-state index >= 15 is 0 Å². The van der Waals surface area contributed by atoms with Gasteiger partial charge in [-0.2, -0.15) is 0 Å². The Balaban J connectivity index is 1.90. The molecule has 3 aromatic rings. The van der Waals surface area contributed by atoms with E-state index in [1.54, 1.807) is 13.4 Å². The molecular formula is C26H27NO3. The van der Waals surface area contributed by atoms with Crippen molar-refractivity contribution in [1.29, 1.82) is 0 Å². The zero-order valence-electron chi connectivity index (χ0n) is 18.1. The van der Waals surface area contributed by atoms with Crippen LogP contribution in [0.1, 0.15) is 23.6 Å². The lowest BCUT2D eigenvalue weighted by Crippen LogP contribution is -2.11. The Morgan fingerprint density at radius 3 is 2.20 bits per heavy atom. The van der Waals surface area contributed by atoms with Crippen LogP contribution in [0.5, 0.6) is 17.2 Å². The molecule has 0 aliphatic heterocycles. The van der Waals surface area contributed by atoms with Crippen molar-refractivity contribution in [2.24, 2.45) is 4.99 Å². The summed E-state index contributed by atoms with van der Waals surface area (Å²) in [5, 5.41) is 0. The fourth-order valence-electron chi connectivity index (χ4n) is 2.76. The molecule has 0 atom stereocenters. The molecule has 0 saturated heterocycles. The summed E-state index contributed by atoms with van der Waals surface area (Å²) >= 11 is 0. The SMILES string of the molecule is COc1ccc(O/C=C(\C)C(=Nc2ccc(C)c(C)c2)Oc2cccc(C)c2)cc1. The summed E-state index contributed by atoms with van der Waals surface area (Å²) in [5.74, 6) is 2.70. The zero-order valence-corrected chi connectivity index (χ0v) is 18.1. The first kappa shape index (κ1) is 21.2. The Labute approximate surface area is 178 Å². The van der Waals surface area contributed by atoms with Gasteiger partial charge in [-0.3, -0.25) is 0 Å². The normalized spacial score (nSPS) is 11.9. The summed E-state index contributed by atoms with van der Waals surface area (Å²) in [6, 6.07) is 21.4. The van der Waals surface area contributed by atoms with Crippen LogP contribution in [0.25, 0.3) is 0 Å². The van der Waals surface area contributed by atoms with E-state index in [0.29, 0.717) is 11.6 Å². The molecule has 0 fully saturated rings. The smallest absolute Gasteiger partial charge is 0.225 e. The number of ether oxygens (including phenoxy) is 3. The van der Waals surface area contributed by atoms with Gasteiger partial charge in [-0.05, 0) is 92.9 Å². The van der Waals surface area contributed by atoms with Crippen molar-refractivity contribution in [3.8, 4) is 17.2 Å². The molecular weight excluding hydrogens is 374 g/mol. The van der Waals surface area contributed by atoms with Gasteiger partial charge in [0.15, 0.2) is 0 Å². The number of hydrogen-bond acceptors (Lipinski definition) is 4. The molecule has 0 N–H and O–H groups in total. The minimum absolute atomic E-state index is 0.484. The van der Waals surface area contributed by atoms with E-state index in [4.69, 9.17) is 19.2 Å². The van der Waals surface area contributed by atoms with Gasteiger partial charge < -0.3 is 14.2 Å². The first-order valence-electron chi connectivity index (χ1n) is 9.83. The molecule has 3 rings (SSSR count). The number of rotatable bonds is 6. The molecule has 4 nitrogen and oxygen atoms in total. The monoisotopic (exact) mass is 401 g/mol. The quantitative estimate of drug-likeness (QED) is 0.262. The molecule has 0 aliphatic carbocycles. The summed E-state index contributed by atoms with van der Waals surface area (Å²) in [6.45, 7) is 8.10. The second-order valence-corrected chi connectivity index (χ2v) is 7.20. The van der Waals surface area contributed by atoms with Gasteiger partial charge in [0.1, 0.15) is 17.2 Å². The predicted molar refractivity (Wildman–Crippen MR) is 122 cm³/mol. The Hall–Kier alpha value is -3.53. The molecule has 3 aromatic carbocycles. The summed E-state index contributed by atoms with van der Waals surface area (Å²) in [7, 11) is 1.64. The van der Waals surface area contributed by atoms with Crippen LogP contribution < -0.4 is 14.2 Å². The minimum Gasteiger partial charge on any atom is -0.497 e. The van der Waals surface area contributed by atoms with Crippen molar-refractivity contribution in [3.05, 3.63) is 95.3 Å². The van der Waals surface area contributed by atoms with Crippen LogP contribution in [0.4, 0.5) is 5.69 Å². The van der Waals surface area contributed by atoms with E-state index in [-0.39, 0.29) is 0 Å². The van der Waals surface area contributed by atoms with E-state index < -0.39 is 0 Å². The third-order valence-corrected chi connectivity index (χ3v) is 4.69. The number of hydrogen-bond donors (Lipinski definition) is 0. The minimum atomic E-state index is 0.484. The first-order chi connectivity index (χ1) is 14.4. The highest BCUT2D eigenvalue weighted by Crippen LogP contribution is 2.22. The van der Waals surface area contributed by atoms with Crippen LogP contribution in [-0.2, 0) is 0 Å². The fourth-order valence-corrected chi connectivity index (χ4v) is 2.76. The van der Waals surface area contributed by atoms with Gasteiger partial charge >= 0.3 is 0 Å². The summed E-state index contributed by atoms with van der Waals surface area (Å²) in [5.41, 5.74) is 5.13. The van der Waals surface area contributed by atoms with Crippen LogP contribution in [-0.4, -0.2) is 13.0 Å². The number of methoxy groups -OCH3 is 1. The Bertz CT molecular complexity index is 1070. The molecule has 0 unspecified atom stereocenters. The zero-order chi connectivity index (χ0) is 21.5.